The van der Waals surface area contributed by atoms with Crippen molar-refractivity contribution in [3.8, 4) is 0 Å². The zero-order chi connectivity index (χ0) is 9.90. The Bertz CT molecular complexity index is 240. The zero-order valence-electron chi connectivity index (χ0n) is 8.95. The molecule has 82 valence electrons. The van der Waals surface area contributed by atoms with Crippen LogP contribution in [-0.2, 0) is 0 Å². The van der Waals surface area contributed by atoms with Gasteiger partial charge in [0.1, 0.15) is 12.2 Å². The van der Waals surface area contributed by atoms with E-state index in [0.717, 1.165) is 18.7 Å². The van der Waals surface area contributed by atoms with Crippen molar-refractivity contribution in [3.63, 3.8) is 0 Å². The van der Waals surface area contributed by atoms with Crippen LogP contribution in [0.3, 0.4) is 0 Å². The summed E-state index contributed by atoms with van der Waals surface area (Å²) in [7, 11) is 0. The first kappa shape index (κ1) is 13.4. The molecule has 0 aromatic carbocycles. The summed E-state index contributed by atoms with van der Waals surface area (Å²) < 4.78 is 0. The molecular formula is C9H19ClN4. The molecule has 3 N–H and O–H groups in total. The van der Waals surface area contributed by atoms with E-state index in [1.54, 1.807) is 0 Å². The molecule has 0 bridgehead atoms. The number of halogens is 1. The van der Waals surface area contributed by atoms with E-state index in [4.69, 9.17) is 5.73 Å². The first-order valence-corrected chi connectivity index (χ1v) is 4.60. The summed E-state index contributed by atoms with van der Waals surface area (Å²) >= 11 is 0. The van der Waals surface area contributed by atoms with E-state index >= 15 is 0 Å². The fourth-order valence-electron chi connectivity index (χ4n) is 1.12. The second-order valence-corrected chi connectivity index (χ2v) is 4.58. The summed E-state index contributed by atoms with van der Waals surface area (Å²) in [6.07, 6.45) is 3.53. The van der Waals surface area contributed by atoms with Crippen molar-refractivity contribution in [1.82, 2.24) is 15.2 Å². The Hall–Kier alpha value is -0.610. The van der Waals surface area contributed by atoms with Gasteiger partial charge in [-0.15, -0.1) is 12.4 Å². The van der Waals surface area contributed by atoms with E-state index in [1.165, 1.54) is 6.33 Å². The van der Waals surface area contributed by atoms with Gasteiger partial charge in [-0.25, -0.2) is 4.98 Å². The van der Waals surface area contributed by atoms with E-state index in [1.807, 2.05) is 0 Å². The number of nitrogens with zero attached hydrogens (tertiary/aromatic N) is 2. The number of aromatic amines is 1. The molecule has 0 saturated heterocycles. The van der Waals surface area contributed by atoms with Crippen molar-refractivity contribution in [2.45, 2.75) is 39.7 Å². The minimum atomic E-state index is -0.0123. The second kappa shape index (κ2) is 5.32. The molecule has 1 aromatic rings. The van der Waals surface area contributed by atoms with E-state index in [0.29, 0.717) is 5.41 Å². The fourth-order valence-corrected chi connectivity index (χ4v) is 1.12. The molecule has 14 heavy (non-hydrogen) atoms. The predicted molar refractivity (Wildman–Crippen MR) is 59.2 cm³/mol. The summed E-state index contributed by atoms with van der Waals surface area (Å²) in [4.78, 5) is 4.03. The summed E-state index contributed by atoms with van der Waals surface area (Å²) in [6, 6.07) is -0.0123. The molecule has 5 heteroatoms. The number of hydrogen-bond donors (Lipinski definition) is 2. The smallest absolute Gasteiger partial charge is 0.141 e. The third kappa shape index (κ3) is 4.58. The Morgan fingerprint density at radius 2 is 2.14 bits per heavy atom. The van der Waals surface area contributed by atoms with Crippen molar-refractivity contribution >= 4 is 12.4 Å². The molecule has 1 atom stereocenters. The van der Waals surface area contributed by atoms with Crippen molar-refractivity contribution in [1.29, 1.82) is 0 Å². The first-order chi connectivity index (χ1) is 5.99. The van der Waals surface area contributed by atoms with Gasteiger partial charge in [-0.2, -0.15) is 5.10 Å². The van der Waals surface area contributed by atoms with Crippen LogP contribution in [0.1, 0.15) is 45.5 Å². The SMILES string of the molecule is CC(C)(C)CCC(N)c1ncn[nH]1.Cl. The van der Waals surface area contributed by atoms with Crippen molar-refractivity contribution < 1.29 is 0 Å². The number of nitrogens with one attached hydrogen (secondary N) is 1. The Kier molecular flexibility index (Phi) is 5.08. The molecule has 0 spiro atoms. The highest BCUT2D eigenvalue weighted by molar-refractivity contribution is 5.85. The quantitative estimate of drug-likeness (QED) is 0.816. The lowest BCUT2D eigenvalue weighted by atomic mass is 9.89. The molecule has 0 saturated carbocycles. The minimum Gasteiger partial charge on any atom is -0.321 e. The molecule has 0 aliphatic heterocycles. The highest BCUT2D eigenvalue weighted by Gasteiger charge is 2.15. The molecule has 4 nitrogen and oxygen atoms in total. The van der Waals surface area contributed by atoms with E-state index in [-0.39, 0.29) is 18.4 Å². The molecule has 0 aliphatic rings. The van der Waals surface area contributed by atoms with Crippen LogP contribution in [0.4, 0.5) is 0 Å². The topological polar surface area (TPSA) is 67.6 Å². The van der Waals surface area contributed by atoms with E-state index < -0.39 is 0 Å². The van der Waals surface area contributed by atoms with Gasteiger partial charge in [0.05, 0.1) is 6.04 Å². The third-order valence-corrected chi connectivity index (χ3v) is 1.99. The number of H-pyrrole nitrogens is 1. The number of nitrogens with two attached hydrogens (primary N) is 1. The lowest BCUT2D eigenvalue weighted by Gasteiger charge is -2.19. The van der Waals surface area contributed by atoms with Gasteiger partial charge in [-0.3, -0.25) is 5.10 Å². The van der Waals surface area contributed by atoms with Crippen LogP contribution in [0.15, 0.2) is 6.33 Å². The number of rotatable bonds is 3. The normalized spacial score (nSPS) is 13.4. The minimum absolute atomic E-state index is 0. The van der Waals surface area contributed by atoms with Gasteiger partial charge in [0.15, 0.2) is 0 Å². The predicted octanol–water partition coefficient (Wildman–Crippen LogP) is 2.05. The monoisotopic (exact) mass is 218 g/mol. The average molecular weight is 219 g/mol. The molecule has 1 heterocycles. The average Bonchev–Trinajstić information content (AvgIpc) is 2.50. The van der Waals surface area contributed by atoms with Gasteiger partial charge in [0.25, 0.3) is 0 Å². The van der Waals surface area contributed by atoms with Crippen molar-refractivity contribution in [3.05, 3.63) is 12.2 Å². The Morgan fingerprint density at radius 1 is 1.50 bits per heavy atom. The Balaban J connectivity index is 0.00000169. The van der Waals surface area contributed by atoms with Crippen LogP contribution in [0.2, 0.25) is 0 Å². The van der Waals surface area contributed by atoms with Crippen LogP contribution in [0.25, 0.3) is 0 Å². The second-order valence-electron chi connectivity index (χ2n) is 4.58. The first-order valence-electron chi connectivity index (χ1n) is 4.60. The Labute approximate surface area is 91.1 Å². The van der Waals surface area contributed by atoms with Crippen LogP contribution in [0, 0.1) is 5.41 Å². The third-order valence-electron chi connectivity index (χ3n) is 1.99. The molecule has 0 radical (unpaired) electrons. The highest BCUT2D eigenvalue weighted by atomic mass is 35.5. The lowest BCUT2D eigenvalue weighted by Crippen LogP contribution is -2.15. The summed E-state index contributed by atoms with van der Waals surface area (Å²) in [6.45, 7) is 6.63. The molecular weight excluding hydrogens is 200 g/mol. The van der Waals surface area contributed by atoms with E-state index in [2.05, 4.69) is 36.0 Å². The van der Waals surface area contributed by atoms with Gasteiger partial charge >= 0.3 is 0 Å². The van der Waals surface area contributed by atoms with Gasteiger partial charge in [0.2, 0.25) is 0 Å². The van der Waals surface area contributed by atoms with Gasteiger partial charge in [-0.05, 0) is 18.3 Å². The molecule has 1 unspecified atom stereocenters. The standard InChI is InChI=1S/C9H18N4.ClH/c1-9(2,3)5-4-7(10)8-11-6-12-13-8;/h6-7H,4-5,10H2,1-3H3,(H,11,12,13);1H. The maximum Gasteiger partial charge on any atom is 0.141 e. The summed E-state index contributed by atoms with van der Waals surface area (Å²) in [5.74, 6) is 0.782. The molecule has 1 aromatic heterocycles. The zero-order valence-corrected chi connectivity index (χ0v) is 9.77. The van der Waals surface area contributed by atoms with Crippen molar-refractivity contribution in [2.75, 3.05) is 0 Å². The van der Waals surface area contributed by atoms with Gasteiger partial charge < -0.3 is 5.73 Å². The highest BCUT2D eigenvalue weighted by Crippen LogP contribution is 2.24. The maximum absolute atomic E-state index is 5.91. The van der Waals surface area contributed by atoms with Gasteiger partial charge in [0, 0.05) is 0 Å². The fraction of sp³-hybridized carbons (Fsp3) is 0.778. The molecule has 1 rings (SSSR count). The van der Waals surface area contributed by atoms with Crippen LogP contribution in [0.5, 0.6) is 0 Å². The molecule has 0 amide bonds. The molecule has 0 aliphatic carbocycles. The largest absolute Gasteiger partial charge is 0.321 e. The lowest BCUT2D eigenvalue weighted by molar-refractivity contribution is 0.347. The van der Waals surface area contributed by atoms with Crippen molar-refractivity contribution in [2.24, 2.45) is 11.1 Å². The summed E-state index contributed by atoms with van der Waals surface area (Å²) in [5.41, 5.74) is 6.24. The van der Waals surface area contributed by atoms with Crippen LogP contribution >= 0.6 is 12.4 Å². The van der Waals surface area contributed by atoms with Crippen LogP contribution < -0.4 is 5.73 Å². The number of aromatic nitrogens is 3. The van der Waals surface area contributed by atoms with Crippen LogP contribution in [-0.4, -0.2) is 15.2 Å². The maximum atomic E-state index is 5.91. The Morgan fingerprint density at radius 3 is 2.57 bits per heavy atom. The summed E-state index contributed by atoms with van der Waals surface area (Å²) in [5, 5.41) is 6.56. The molecule has 0 fully saturated rings. The number of hydrogen-bond acceptors (Lipinski definition) is 3. The van der Waals surface area contributed by atoms with Gasteiger partial charge in [-0.1, -0.05) is 20.8 Å². The van der Waals surface area contributed by atoms with E-state index in [9.17, 15) is 0 Å².